The average molecular weight is 404 g/mol. The van der Waals surface area contributed by atoms with E-state index in [2.05, 4.69) is 15.9 Å². The van der Waals surface area contributed by atoms with Crippen molar-refractivity contribution < 1.29 is 14.6 Å². The molecule has 1 aliphatic heterocycles. The maximum atomic E-state index is 11.8. The van der Waals surface area contributed by atoms with Crippen LogP contribution in [0.4, 0.5) is 16.2 Å². The number of halogens is 1. The molecule has 1 fully saturated rings. The molecule has 0 saturated carbocycles. The largest absolute Gasteiger partial charge is 0.492 e. The van der Waals surface area contributed by atoms with Crippen molar-refractivity contribution in [3.63, 3.8) is 0 Å². The molecule has 3 rings (SSSR count). The van der Waals surface area contributed by atoms with E-state index in [4.69, 9.17) is 16.3 Å². The third-order valence-corrected chi connectivity index (χ3v) is 5.11. The first kappa shape index (κ1) is 20.3. The Morgan fingerprint density at radius 1 is 1.14 bits per heavy atom. The molecule has 1 N–H and O–H groups in total. The Labute approximate surface area is 170 Å². The average Bonchev–Trinajstić information content (AvgIpc) is 2.70. The van der Waals surface area contributed by atoms with Crippen LogP contribution in [0.2, 0.25) is 5.02 Å². The molecular weight excluding hydrogens is 378 g/mol. The normalized spacial score (nSPS) is 14.7. The second-order valence-corrected chi connectivity index (χ2v) is 7.08. The van der Waals surface area contributed by atoms with Gasteiger partial charge in [0.2, 0.25) is 0 Å². The summed E-state index contributed by atoms with van der Waals surface area (Å²) in [5.74, 6) is 0.596. The topological polar surface area (TPSA) is 56.2 Å². The van der Waals surface area contributed by atoms with Crippen LogP contribution in [0.25, 0.3) is 0 Å². The monoisotopic (exact) mass is 403 g/mol. The predicted octanol–water partition coefficient (Wildman–Crippen LogP) is 4.05. The number of amides is 1. The summed E-state index contributed by atoms with van der Waals surface area (Å²) in [6.45, 7) is 7.01. The van der Waals surface area contributed by atoms with Crippen molar-refractivity contribution in [3.05, 3.63) is 53.6 Å². The van der Waals surface area contributed by atoms with Crippen LogP contribution in [-0.4, -0.2) is 62.0 Å². The van der Waals surface area contributed by atoms with E-state index in [9.17, 15) is 9.90 Å². The maximum Gasteiger partial charge on any atom is 0.411 e. The van der Waals surface area contributed by atoms with Crippen LogP contribution in [0.5, 0.6) is 5.75 Å². The summed E-state index contributed by atoms with van der Waals surface area (Å²) in [5, 5.41) is 10.4. The number of hydrogen-bond donors (Lipinski definition) is 1. The van der Waals surface area contributed by atoms with Gasteiger partial charge in [-0.15, -0.1) is 0 Å². The van der Waals surface area contributed by atoms with E-state index in [0.29, 0.717) is 31.1 Å². The molecule has 1 heterocycles. The first-order valence-electron chi connectivity index (χ1n) is 9.53. The van der Waals surface area contributed by atoms with Crippen LogP contribution in [0.3, 0.4) is 0 Å². The van der Waals surface area contributed by atoms with Gasteiger partial charge in [0.05, 0.1) is 12.3 Å². The Morgan fingerprint density at radius 3 is 2.57 bits per heavy atom. The maximum absolute atomic E-state index is 11.8. The van der Waals surface area contributed by atoms with E-state index in [1.807, 2.05) is 37.3 Å². The van der Waals surface area contributed by atoms with Crippen molar-refractivity contribution in [2.24, 2.45) is 0 Å². The number of carboxylic acid groups (broad SMARTS) is 1. The lowest BCUT2D eigenvalue weighted by atomic mass is 10.2. The molecule has 28 heavy (non-hydrogen) atoms. The second-order valence-electron chi connectivity index (χ2n) is 6.64. The number of ether oxygens (including phenoxy) is 1. The Balaban J connectivity index is 1.58. The fourth-order valence-corrected chi connectivity index (χ4v) is 3.61. The number of hydrogen-bond acceptors (Lipinski definition) is 4. The van der Waals surface area contributed by atoms with Crippen LogP contribution in [0, 0.1) is 0 Å². The number of nitrogens with zero attached hydrogens (tertiary/aromatic N) is 3. The minimum absolute atomic E-state index is 0.399. The zero-order valence-corrected chi connectivity index (χ0v) is 16.8. The van der Waals surface area contributed by atoms with Gasteiger partial charge in [0.25, 0.3) is 0 Å². The first-order chi connectivity index (χ1) is 13.6. The van der Waals surface area contributed by atoms with Crippen molar-refractivity contribution in [1.29, 1.82) is 0 Å². The van der Waals surface area contributed by atoms with Crippen LogP contribution in [0.1, 0.15) is 6.92 Å². The van der Waals surface area contributed by atoms with E-state index < -0.39 is 6.09 Å². The van der Waals surface area contributed by atoms with E-state index in [0.717, 1.165) is 36.9 Å². The van der Waals surface area contributed by atoms with Gasteiger partial charge in [0.1, 0.15) is 5.75 Å². The highest BCUT2D eigenvalue weighted by Gasteiger charge is 2.22. The minimum Gasteiger partial charge on any atom is -0.492 e. The van der Waals surface area contributed by atoms with E-state index >= 15 is 0 Å². The summed E-state index contributed by atoms with van der Waals surface area (Å²) in [7, 11) is 0. The lowest BCUT2D eigenvalue weighted by molar-refractivity contribution is 0.198. The zero-order valence-electron chi connectivity index (χ0n) is 16.1. The second kappa shape index (κ2) is 9.66. The molecule has 7 heteroatoms. The Morgan fingerprint density at radius 2 is 1.89 bits per heavy atom. The molecule has 1 amide bonds. The van der Waals surface area contributed by atoms with Gasteiger partial charge in [-0.05, 0) is 37.3 Å². The molecule has 0 bridgehead atoms. The van der Waals surface area contributed by atoms with Gasteiger partial charge in [0.15, 0.2) is 0 Å². The number of piperazine rings is 1. The summed E-state index contributed by atoms with van der Waals surface area (Å²) in [6.07, 6.45) is -0.968. The van der Waals surface area contributed by atoms with Crippen molar-refractivity contribution in [1.82, 2.24) is 4.90 Å². The molecule has 1 aliphatic rings. The Hall–Kier alpha value is -2.44. The number of rotatable bonds is 7. The number of para-hydroxylation sites is 2. The fraction of sp³-hybridized carbons (Fsp3) is 0.381. The van der Waals surface area contributed by atoms with Crippen molar-refractivity contribution in [2.45, 2.75) is 6.92 Å². The highest BCUT2D eigenvalue weighted by molar-refractivity contribution is 6.30. The molecule has 2 aromatic carbocycles. The summed E-state index contributed by atoms with van der Waals surface area (Å²) in [4.78, 5) is 17.8. The summed E-state index contributed by atoms with van der Waals surface area (Å²) in [6, 6.07) is 15.2. The van der Waals surface area contributed by atoms with Gasteiger partial charge < -0.3 is 14.7 Å². The number of anilines is 2. The molecule has 1 saturated heterocycles. The van der Waals surface area contributed by atoms with Gasteiger partial charge >= 0.3 is 6.09 Å². The predicted molar refractivity (Wildman–Crippen MR) is 113 cm³/mol. The molecule has 0 spiro atoms. The van der Waals surface area contributed by atoms with Gasteiger partial charge in [-0.1, -0.05) is 29.8 Å². The molecule has 2 aromatic rings. The lowest BCUT2D eigenvalue weighted by Gasteiger charge is -2.37. The molecular formula is C21H26ClN3O3. The molecule has 150 valence electrons. The highest BCUT2D eigenvalue weighted by atomic mass is 35.5. The van der Waals surface area contributed by atoms with E-state index in [1.165, 1.54) is 4.90 Å². The van der Waals surface area contributed by atoms with Gasteiger partial charge in [-0.3, -0.25) is 9.80 Å². The smallest absolute Gasteiger partial charge is 0.411 e. The van der Waals surface area contributed by atoms with Crippen LogP contribution < -0.4 is 14.5 Å². The zero-order chi connectivity index (χ0) is 19.9. The molecule has 6 nitrogen and oxygen atoms in total. The Kier molecular flexibility index (Phi) is 7.01. The molecule has 0 atom stereocenters. The van der Waals surface area contributed by atoms with Crippen molar-refractivity contribution in [2.75, 3.05) is 55.7 Å². The van der Waals surface area contributed by atoms with Crippen LogP contribution >= 0.6 is 11.6 Å². The molecule has 0 aromatic heterocycles. The minimum atomic E-state index is -0.968. The SMILES string of the molecule is CCOc1ccccc1N(CCN1CCN(c2cccc(Cl)c2)CC1)C(=O)O. The lowest BCUT2D eigenvalue weighted by Crippen LogP contribution is -2.49. The van der Waals surface area contributed by atoms with Crippen molar-refractivity contribution >= 4 is 29.1 Å². The first-order valence-corrected chi connectivity index (χ1v) is 9.91. The standard InChI is InChI=1S/C21H26ClN3O3/c1-2-28-20-9-4-3-8-19(20)25(21(26)27)15-12-23-10-13-24(14-11-23)18-7-5-6-17(22)16-18/h3-9,16H,2,10-15H2,1H3,(H,26,27). The summed E-state index contributed by atoms with van der Waals surface area (Å²) in [5.41, 5.74) is 1.72. The van der Waals surface area contributed by atoms with Gasteiger partial charge in [-0.2, -0.15) is 0 Å². The quantitative estimate of drug-likeness (QED) is 0.755. The number of benzene rings is 2. The Bertz CT molecular complexity index is 794. The number of carbonyl (C=O) groups is 1. The molecule has 0 radical (unpaired) electrons. The third-order valence-electron chi connectivity index (χ3n) is 4.87. The highest BCUT2D eigenvalue weighted by Crippen LogP contribution is 2.28. The van der Waals surface area contributed by atoms with Gasteiger partial charge in [-0.25, -0.2) is 4.79 Å². The fourth-order valence-electron chi connectivity index (χ4n) is 3.42. The van der Waals surface area contributed by atoms with Gasteiger partial charge in [0, 0.05) is 50.0 Å². The van der Waals surface area contributed by atoms with E-state index in [-0.39, 0.29) is 0 Å². The third kappa shape index (κ3) is 5.09. The molecule has 0 aliphatic carbocycles. The van der Waals surface area contributed by atoms with Crippen LogP contribution in [0.15, 0.2) is 48.5 Å². The van der Waals surface area contributed by atoms with Crippen LogP contribution in [-0.2, 0) is 0 Å². The summed E-state index contributed by atoms with van der Waals surface area (Å²) < 4.78 is 5.60. The van der Waals surface area contributed by atoms with Crippen molar-refractivity contribution in [3.8, 4) is 5.75 Å². The van der Waals surface area contributed by atoms with E-state index in [1.54, 1.807) is 12.1 Å². The summed E-state index contributed by atoms with van der Waals surface area (Å²) >= 11 is 6.09. The molecule has 0 unspecified atom stereocenters.